The Kier molecular flexibility index (Phi) is 6.71. The summed E-state index contributed by atoms with van der Waals surface area (Å²) in [6, 6.07) is 12.4. The number of hydrogen-bond donors (Lipinski definition) is 0. The normalized spacial score (nSPS) is 13.0. The lowest BCUT2D eigenvalue weighted by atomic mass is 10.00. The summed E-state index contributed by atoms with van der Waals surface area (Å²) in [5.74, 6) is 2.22. The zero-order valence-electron chi connectivity index (χ0n) is 20.4. The highest BCUT2D eigenvalue weighted by Gasteiger charge is 2.30. The summed E-state index contributed by atoms with van der Waals surface area (Å²) in [6.45, 7) is 16.9. The molecule has 0 saturated carbocycles. The van der Waals surface area contributed by atoms with Crippen LogP contribution in [-0.4, -0.2) is 36.6 Å². The molecule has 4 rings (SSSR count). The molecule has 172 valence electrons. The molecule has 33 heavy (non-hydrogen) atoms. The van der Waals surface area contributed by atoms with Gasteiger partial charge in [0.2, 0.25) is 0 Å². The minimum atomic E-state index is 0.639. The molecule has 0 unspecified atom stereocenters. The summed E-state index contributed by atoms with van der Waals surface area (Å²) in [5, 5.41) is 5.03. The summed E-state index contributed by atoms with van der Waals surface area (Å²) < 4.78 is 7.47. The number of nitrogens with zero attached hydrogens (tertiary/aromatic N) is 5. The van der Waals surface area contributed by atoms with Crippen LogP contribution >= 0.6 is 0 Å². The van der Waals surface area contributed by atoms with Crippen molar-refractivity contribution in [3.05, 3.63) is 75.6 Å². The smallest absolute Gasteiger partial charge is 0.187 e. The molecule has 0 fully saturated rings. The van der Waals surface area contributed by atoms with Crippen molar-refractivity contribution in [2.45, 2.75) is 40.2 Å². The number of aryl methyl sites for hydroxylation is 4. The fraction of sp³-hybridized carbons (Fsp3) is 0.407. The number of aromatic nitrogens is 2. The van der Waals surface area contributed by atoms with Crippen molar-refractivity contribution in [2.75, 3.05) is 36.6 Å². The van der Waals surface area contributed by atoms with Crippen molar-refractivity contribution < 1.29 is 4.74 Å². The van der Waals surface area contributed by atoms with Crippen LogP contribution in [0.2, 0.25) is 0 Å². The second kappa shape index (κ2) is 9.68. The van der Waals surface area contributed by atoms with Crippen molar-refractivity contribution in [3.63, 3.8) is 0 Å². The van der Waals surface area contributed by atoms with Gasteiger partial charge < -0.3 is 14.5 Å². The van der Waals surface area contributed by atoms with Crippen LogP contribution in [0.1, 0.15) is 34.2 Å². The highest BCUT2D eigenvalue weighted by molar-refractivity contribution is 5.74. The van der Waals surface area contributed by atoms with Gasteiger partial charge in [0.1, 0.15) is 5.82 Å². The third-order valence-electron chi connectivity index (χ3n) is 6.36. The van der Waals surface area contributed by atoms with Crippen molar-refractivity contribution in [2.24, 2.45) is 7.05 Å². The Hall–Kier alpha value is -3.30. The summed E-state index contributed by atoms with van der Waals surface area (Å²) in [6.07, 6.45) is 2.11. The lowest BCUT2D eigenvalue weighted by molar-refractivity contribution is 0.204. The monoisotopic (exact) mass is 443 g/mol. The maximum absolute atomic E-state index is 7.21. The number of hydrogen-bond acceptors (Lipinski definition) is 4. The molecule has 0 amide bonds. The number of ether oxygens (including phenoxy) is 1. The Morgan fingerprint density at radius 1 is 1.12 bits per heavy atom. The van der Waals surface area contributed by atoms with E-state index in [2.05, 4.69) is 47.5 Å². The molecular formula is C27H33N5O. The Bertz CT molecular complexity index is 1150. The third-order valence-corrected chi connectivity index (χ3v) is 6.36. The van der Waals surface area contributed by atoms with Crippen LogP contribution in [0.3, 0.4) is 0 Å². The first-order chi connectivity index (χ1) is 15.9. The molecule has 0 radical (unpaired) electrons. The van der Waals surface area contributed by atoms with Gasteiger partial charge in [0, 0.05) is 45.0 Å². The molecule has 0 N–H and O–H groups in total. The molecule has 0 saturated heterocycles. The van der Waals surface area contributed by atoms with E-state index in [1.807, 2.05) is 36.0 Å². The summed E-state index contributed by atoms with van der Waals surface area (Å²) in [5.41, 5.74) is 8.31. The molecule has 2 aromatic carbocycles. The maximum atomic E-state index is 7.21. The van der Waals surface area contributed by atoms with Crippen LogP contribution < -0.4 is 9.80 Å². The maximum Gasteiger partial charge on any atom is 0.187 e. The van der Waals surface area contributed by atoms with Gasteiger partial charge in [0.25, 0.3) is 0 Å². The summed E-state index contributed by atoms with van der Waals surface area (Å²) in [4.78, 5) is 8.29. The van der Waals surface area contributed by atoms with E-state index >= 15 is 0 Å². The van der Waals surface area contributed by atoms with Crippen LogP contribution in [0, 0.1) is 27.3 Å². The number of methoxy groups -OCH3 is 1. The first kappa shape index (κ1) is 22.9. The summed E-state index contributed by atoms with van der Waals surface area (Å²) >= 11 is 0. The van der Waals surface area contributed by atoms with Crippen LogP contribution in [0.5, 0.6) is 0 Å². The second-order valence-electron chi connectivity index (χ2n) is 8.94. The van der Waals surface area contributed by atoms with Gasteiger partial charge in [0.05, 0.1) is 13.2 Å². The molecule has 1 aliphatic heterocycles. The Morgan fingerprint density at radius 2 is 1.82 bits per heavy atom. The molecule has 0 atom stereocenters. The van der Waals surface area contributed by atoms with Crippen molar-refractivity contribution in [1.82, 2.24) is 9.78 Å². The van der Waals surface area contributed by atoms with Crippen molar-refractivity contribution >= 4 is 23.0 Å². The zero-order valence-corrected chi connectivity index (χ0v) is 20.4. The van der Waals surface area contributed by atoms with Crippen LogP contribution in [0.15, 0.2) is 36.4 Å². The third kappa shape index (κ3) is 4.60. The lowest BCUT2D eigenvalue weighted by Crippen LogP contribution is -2.30. The van der Waals surface area contributed by atoms with E-state index in [9.17, 15) is 0 Å². The molecule has 0 bridgehead atoms. The zero-order chi connectivity index (χ0) is 23.5. The van der Waals surface area contributed by atoms with Gasteiger partial charge in [-0.25, -0.2) is 4.85 Å². The highest BCUT2D eigenvalue weighted by Crippen LogP contribution is 2.41. The molecular weight excluding hydrogens is 410 g/mol. The number of benzene rings is 2. The predicted molar refractivity (Wildman–Crippen MR) is 135 cm³/mol. The quantitative estimate of drug-likeness (QED) is 0.443. The van der Waals surface area contributed by atoms with Crippen molar-refractivity contribution in [3.8, 4) is 0 Å². The Labute approximate surface area is 197 Å². The molecule has 2 heterocycles. The van der Waals surface area contributed by atoms with Crippen LogP contribution in [0.4, 0.5) is 23.0 Å². The Balaban J connectivity index is 1.74. The molecule has 6 nitrogen and oxygen atoms in total. The first-order valence-electron chi connectivity index (χ1n) is 11.5. The lowest BCUT2D eigenvalue weighted by Gasteiger charge is -2.32. The summed E-state index contributed by atoms with van der Waals surface area (Å²) in [7, 11) is 3.79. The molecule has 0 spiro atoms. The SMILES string of the molecule is [C-]#[N+]c1ccc(CN(CCOC)c2c3c(nn2C)N(c2c(C)cc(C)cc2C)CCC3)cc1. The van der Waals surface area contributed by atoms with Gasteiger partial charge >= 0.3 is 0 Å². The average Bonchev–Trinajstić information content (AvgIpc) is 3.13. The van der Waals surface area contributed by atoms with Gasteiger partial charge in [-0.3, -0.25) is 4.68 Å². The van der Waals surface area contributed by atoms with Gasteiger partial charge in [0.15, 0.2) is 11.5 Å². The van der Waals surface area contributed by atoms with Crippen LogP contribution in [0.25, 0.3) is 4.85 Å². The topological polar surface area (TPSA) is 37.9 Å². The van der Waals surface area contributed by atoms with E-state index < -0.39 is 0 Å². The fourth-order valence-electron chi connectivity index (χ4n) is 5.07. The van der Waals surface area contributed by atoms with E-state index in [0.29, 0.717) is 12.3 Å². The largest absolute Gasteiger partial charge is 0.383 e. The Morgan fingerprint density at radius 3 is 2.45 bits per heavy atom. The first-order valence-corrected chi connectivity index (χ1v) is 11.5. The van der Waals surface area contributed by atoms with Crippen molar-refractivity contribution in [1.29, 1.82) is 0 Å². The molecule has 6 heteroatoms. The number of fused-ring (bicyclic) bond motifs is 1. The fourth-order valence-corrected chi connectivity index (χ4v) is 5.07. The second-order valence-corrected chi connectivity index (χ2v) is 8.94. The highest BCUT2D eigenvalue weighted by atomic mass is 16.5. The van der Waals surface area contributed by atoms with E-state index in [4.69, 9.17) is 16.4 Å². The van der Waals surface area contributed by atoms with Gasteiger partial charge in [-0.05, 0) is 50.3 Å². The minimum Gasteiger partial charge on any atom is -0.383 e. The predicted octanol–water partition coefficient (Wildman–Crippen LogP) is 5.63. The van der Waals surface area contributed by atoms with Gasteiger partial charge in [-0.15, -0.1) is 0 Å². The molecule has 1 aromatic heterocycles. The average molecular weight is 444 g/mol. The van der Waals surface area contributed by atoms with Crippen LogP contribution in [-0.2, 0) is 24.8 Å². The number of rotatable bonds is 7. The molecule has 3 aromatic rings. The van der Waals surface area contributed by atoms with E-state index in [1.165, 1.54) is 33.5 Å². The van der Waals surface area contributed by atoms with E-state index in [0.717, 1.165) is 44.1 Å². The van der Waals surface area contributed by atoms with Gasteiger partial charge in [-0.1, -0.05) is 42.0 Å². The van der Waals surface area contributed by atoms with Gasteiger partial charge in [-0.2, -0.15) is 5.10 Å². The molecule has 1 aliphatic rings. The van der Waals surface area contributed by atoms with E-state index in [1.54, 1.807) is 7.11 Å². The molecule has 0 aliphatic carbocycles. The standard InChI is InChI=1S/C27H33N5O/c1-19-16-20(2)25(21(3)17-19)32-13-7-8-24-26(32)29-30(5)27(24)31(14-15-33-6)18-22-9-11-23(28-4)12-10-22/h9-12,16-17H,7-8,13-15,18H2,1-3,5-6H3. The van der Waals surface area contributed by atoms with E-state index in [-0.39, 0.29) is 0 Å². The number of anilines is 3. The minimum absolute atomic E-state index is 0.639.